The molecule has 0 nitrogen and oxygen atoms in total. The van der Waals surface area contributed by atoms with Gasteiger partial charge in [0.2, 0.25) is 0 Å². The largest absolute Gasteiger partial charge is 0.0616 e. The zero-order valence-corrected chi connectivity index (χ0v) is 19.4. The van der Waals surface area contributed by atoms with E-state index in [1.165, 1.54) is 65.0 Å². The molecule has 0 amide bonds. The Balaban J connectivity index is 1.59. The van der Waals surface area contributed by atoms with E-state index in [-0.39, 0.29) is 0 Å². The summed E-state index contributed by atoms with van der Waals surface area (Å²) >= 11 is 3.84. The number of rotatable bonds is 1. The lowest BCUT2D eigenvalue weighted by Crippen LogP contribution is -1.87. The fourth-order valence-electron chi connectivity index (χ4n) is 5.29. The lowest BCUT2D eigenvalue weighted by Gasteiger charge is -2.14. The van der Waals surface area contributed by atoms with Crippen LogP contribution < -0.4 is 0 Å². The van der Waals surface area contributed by atoms with Crippen LogP contribution in [0.2, 0.25) is 0 Å². The Morgan fingerprint density at radius 1 is 0.394 bits per heavy atom. The van der Waals surface area contributed by atoms with E-state index in [1.807, 2.05) is 0 Å². The molecule has 7 aromatic carbocycles. The van der Waals surface area contributed by atoms with E-state index in [0.29, 0.717) is 0 Å². The fraction of sp³-hybridized carbons (Fsp3) is 0. The summed E-state index contributed by atoms with van der Waals surface area (Å²) < 4.78 is 1.13. The zero-order valence-electron chi connectivity index (χ0n) is 17.8. The third kappa shape index (κ3) is 2.90. The van der Waals surface area contributed by atoms with Crippen LogP contribution in [0.1, 0.15) is 0 Å². The Kier molecular flexibility index (Phi) is 4.09. The third-order valence-electron chi connectivity index (χ3n) is 6.83. The van der Waals surface area contributed by atoms with E-state index in [9.17, 15) is 0 Å². The van der Waals surface area contributed by atoms with Crippen molar-refractivity contribution in [3.8, 4) is 11.1 Å². The molecule has 0 aliphatic heterocycles. The molecular formula is C32H19Br. The average molecular weight is 483 g/mol. The molecule has 33 heavy (non-hydrogen) atoms. The van der Waals surface area contributed by atoms with E-state index in [4.69, 9.17) is 0 Å². The summed E-state index contributed by atoms with van der Waals surface area (Å²) in [5, 5.41) is 12.8. The maximum absolute atomic E-state index is 3.84. The highest BCUT2D eigenvalue weighted by Gasteiger charge is 2.13. The van der Waals surface area contributed by atoms with Crippen LogP contribution in [0.3, 0.4) is 0 Å². The monoisotopic (exact) mass is 482 g/mol. The van der Waals surface area contributed by atoms with Gasteiger partial charge in [0.25, 0.3) is 0 Å². The summed E-state index contributed by atoms with van der Waals surface area (Å²) in [5.41, 5.74) is 2.53. The molecule has 0 heterocycles. The molecule has 0 aliphatic rings. The first kappa shape index (κ1) is 18.8. The smallest absolute Gasteiger partial charge is 0.0260 e. The predicted molar refractivity (Wildman–Crippen MR) is 147 cm³/mol. The predicted octanol–water partition coefficient (Wildman–Crippen LogP) is 9.88. The van der Waals surface area contributed by atoms with Crippen LogP contribution in [0.15, 0.2) is 120 Å². The molecule has 0 aromatic heterocycles. The molecule has 0 unspecified atom stereocenters. The van der Waals surface area contributed by atoms with Gasteiger partial charge in [0.1, 0.15) is 0 Å². The van der Waals surface area contributed by atoms with Crippen LogP contribution in [0.5, 0.6) is 0 Å². The minimum absolute atomic E-state index is 1.13. The number of fused-ring (bicyclic) bond motifs is 6. The minimum Gasteiger partial charge on any atom is -0.0616 e. The average Bonchev–Trinajstić information content (AvgIpc) is 2.86. The Hall–Kier alpha value is -3.68. The molecule has 0 fully saturated rings. The quantitative estimate of drug-likeness (QED) is 0.161. The highest BCUT2D eigenvalue weighted by Crippen LogP contribution is 2.41. The Morgan fingerprint density at radius 2 is 1.06 bits per heavy atom. The number of halogens is 1. The zero-order chi connectivity index (χ0) is 21.9. The number of hydrogen-bond donors (Lipinski definition) is 0. The van der Waals surface area contributed by atoms with Crippen molar-refractivity contribution in [2.45, 2.75) is 0 Å². The van der Waals surface area contributed by atoms with E-state index in [0.717, 1.165) is 4.47 Å². The molecular weight excluding hydrogens is 464 g/mol. The van der Waals surface area contributed by atoms with Crippen molar-refractivity contribution in [1.29, 1.82) is 0 Å². The van der Waals surface area contributed by atoms with Crippen molar-refractivity contribution in [3.63, 3.8) is 0 Å². The summed E-state index contributed by atoms with van der Waals surface area (Å²) in [6.07, 6.45) is 0. The summed E-state index contributed by atoms with van der Waals surface area (Å²) in [6, 6.07) is 42.1. The molecule has 154 valence electrons. The fourth-order valence-corrected chi connectivity index (χ4v) is 5.87. The highest BCUT2D eigenvalue weighted by molar-refractivity contribution is 9.10. The van der Waals surface area contributed by atoms with Gasteiger partial charge in [0.15, 0.2) is 0 Å². The van der Waals surface area contributed by atoms with Crippen LogP contribution in [-0.2, 0) is 0 Å². The van der Waals surface area contributed by atoms with Gasteiger partial charge in [-0.3, -0.25) is 0 Å². The molecule has 0 spiro atoms. The van der Waals surface area contributed by atoms with Gasteiger partial charge in [0, 0.05) is 9.86 Å². The van der Waals surface area contributed by atoms with Gasteiger partial charge in [-0.25, -0.2) is 0 Å². The van der Waals surface area contributed by atoms with Crippen molar-refractivity contribution in [1.82, 2.24) is 0 Å². The maximum atomic E-state index is 3.84. The van der Waals surface area contributed by atoms with E-state index in [2.05, 4.69) is 131 Å². The first-order valence-electron chi connectivity index (χ1n) is 11.2. The maximum Gasteiger partial charge on any atom is 0.0260 e. The van der Waals surface area contributed by atoms with E-state index >= 15 is 0 Å². The standard InChI is InChI=1S/C32H19Br/c33-30-11-5-8-24-17-22-7-2-4-10-28(22)31(32(24)30)25-15-13-21-16-23-14-12-20-6-1-3-9-27(20)29(23)19-26(21)18-25/h1-19H. The minimum atomic E-state index is 1.13. The number of benzene rings is 7. The van der Waals surface area contributed by atoms with Crippen molar-refractivity contribution in [2.24, 2.45) is 0 Å². The van der Waals surface area contributed by atoms with Crippen molar-refractivity contribution in [3.05, 3.63) is 120 Å². The van der Waals surface area contributed by atoms with Crippen LogP contribution in [0.4, 0.5) is 0 Å². The van der Waals surface area contributed by atoms with E-state index < -0.39 is 0 Å². The first-order chi connectivity index (χ1) is 16.3. The lowest BCUT2D eigenvalue weighted by molar-refractivity contribution is 1.69. The van der Waals surface area contributed by atoms with Crippen LogP contribution in [-0.4, -0.2) is 0 Å². The molecule has 0 aliphatic carbocycles. The normalized spacial score (nSPS) is 11.8. The van der Waals surface area contributed by atoms with Gasteiger partial charge < -0.3 is 0 Å². The second-order valence-electron chi connectivity index (χ2n) is 8.73. The van der Waals surface area contributed by atoms with E-state index in [1.54, 1.807) is 0 Å². The second kappa shape index (κ2) is 7.16. The second-order valence-corrected chi connectivity index (χ2v) is 9.59. The summed E-state index contributed by atoms with van der Waals surface area (Å²) in [5.74, 6) is 0. The SMILES string of the molecule is Brc1cccc2cc3ccccc3c(-c3ccc4cc5ccc6ccccc6c5cc4c3)c12. The van der Waals surface area contributed by atoms with Gasteiger partial charge >= 0.3 is 0 Å². The Morgan fingerprint density at radius 3 is 1.97 bits per heavy atom. The van der Waals surface area contributed by atoms with Crippen molar-refractivity contribution >= 4 is 69.8 Å². The summed E-state index contributed by atoms with van der Waals surface area (Å²) in [7, 11) is 0. The van der Waals surface area contributed by atoms with Gasteiger partial charge in [0.05, 0.1) is 0 Å². The molecule has 1 heteroatoms. The topological polar surface area (TPSA) is 0 Å². The molecule has 0 bridgehead atoms. The Bertz CT molecular complexity index is 1880. The first-order valence-corrected chi connectivity index (χ1v) is 12.0. The van der Waals surface area contributed by atoms with Gasteiger partial charge in [-0.05, 0) is 89.9 Å². The molecule has 7 rings (SSSR count). The molecule has 0 saturated carbocycles. The third-order valence-corrected chi connectivity index (χ3v) is 7.49. The van der Waals surface area contributed by atoms with Crippen molar-refractivity contribution in [2.75, 3.05) is 0 Å². The number of hydrogen-bond acceptors (Lipinski definition) is 0. The lowest BCUT2D eigenvalue weighted by atomic mass is 9.90. The van der Waals surface area contributed by atoms with Crippen LogP contribution in [0, 0.1) is 0 Å². The summed E-state index contributed by atoms with van der Waals surface area (Å²) in [6.45, 7) is 0. The van der Waals surface area contributed by atoms with Gasteiger partial charge in [-0.2, -0.15) is 0 Å². The van der Waals surface area contributed by atoms with Gasteiger partial charge in [-0.15, -0.1) is 0 Å². The molecule has 0 N–H and O–H groups in total. The molecule has 7 aromatic rings. The molecule has 0 saturated heterocycles. The highest BCUT2D eigenvalue weighted by atomic mass is 79.9. The van der Waals surface area contributed by atoms with Crippen molar-refractivity contribution < 1.29 is 0 Å². The van der Waals surface area contributed by atoms with Gasteiger partial charge in [-0.1, -0.05) is 101 Å². The van der Waals surface area contributed by atoms with Crippen LogP contribution >= 0.6 is 15.9 Å². The summed E-state index contributed by atoms with van der Waals surface area (Å²) in [4.78, 5) is 0. The Labute approximate surface area is 200 Å². The molecule has 0 atom stereocenters. The molecule has 0 radical (unpaired) electrons. The van der Waals surface area contributed by atoms with Crippen LogP contribution in [0.25, 0.3) is 65.0 Å².